The van der Waals surface area contributed by atoms with Crippen LogP contribution in [0, 0.1) is 5.82 Å². The summed E-state index contributed by atoms with van der Waals surface area (Å²) in [5, 5.41) is 8.78. The van der Waals surface area contributed by atoms with Crippen LogP contribution in [-0.2, 0) is 0 Å². The van der Waals surface area contributed by atoms with Crippen LogP contribution in [0.3, 0.4) is 0 Å². The molecule has 6 heteroatoms. The van der Waals surface area contributed by atoms with Crippen LogP contribution in [0.15, 0.2) is 47.4 Å². The summed E-state index contributed by atoms with van der Waals surface area (Å²) in [6.07, 6.45) is 0. The zero-order valence-corrected chi connectivity index (χ0v) is 11.9. The molecule has 2 rings (SSSR count). The van der Waals surface area contributed by atoms with Crippen LogP contribution >= 0.6 is 11.8 Å². The molecule has 110 valence electrons. The summed E-state index contributed by atoms with van der Waals surface area (Å²) in [5.41, 5.74) is 6.17. The largest absolute Gasteiger partial charge is 0.493 e. The monoisotopic (exact) mass is 307 g/mol. The number of anilines is 1. The number of nitrogens with two attached hydrogens (primary N) is 1. The molecule has 0 bridgehead atoms. The van der Waals surface area contributed by atoms with Gasteiger partial charge in [-0.3, -0.25) is 0 Å². The Balaban J connectivity index is 1.80. The van der Waals surface area contributed by atoms with Crippen molar-refractivity contribution in [2.45, 2.75) is 4.90 Å². The molecule has 0 aliphatic rings. The second-order valence-electron chi connectivity index (χ2n) is 4.25. The third-order valence-electron chi connectivity index (χ3n) is 2.62. The molecular weight excluding hydrogens is 293 g/mol. The normalized spacial score (nSPS) is 10.3. The number of nitrogen functional groups attached to an aromatic ring is 1. The topological polar surface area (TPSA) is 72.5 Å². The highest BCUT2D eigenvalue weighted by molar-refractivity contribution is 7.99. The first-order chi connectivity index (χ1) is 10.0. The van der Waals surface area contributed by atoms with Crippen LogP contribution < -0.4 is 10.5 Å². The molecule has 2 aromatic carbocycles. The Kier molecular flexibility index (Phi) is 5.05. The standard InChI is InChI=1S/C15H14FNO3S/c16-11-7-12(17)9-14(8-11)21-6-5-20-13-3-1-10(2-4-13)15(18)19/h1-4,7-9H,5-6,17H2,(H,18,19). The fourth-order valence-corrected chi connectivity index (χ4v) is 2.50. The van der Waals surface area contributed by atoms with Gasteiger partial charge in [0.1, 0.15) is 11.6 Å². The van der Waals surface area contributed by atoms with Crippen LogP contribution in [0.1, 0.15) is 10.4 Å². The van der Waals surface area contributed by atoms with Crippen molar-refractivity contribution in [1.82, 2.24) is 0 Å². The molecule has 0 unspecified atom stereocenters. The number of ether oxygens (including phenoxy) is 1. The van der Waals surface area contributed by atoms with Gasteiger partial charge in [0, 0.05) is 16.3 Å². The lowest BCUT2D eigenvalue weighted by Gasteiger charge is -2.07. The predicted octanol–water partition coefficient (Wildman–Crippen LogP) is 3.28. The van der Waals surface area contributed by atoms with Gasteiger partial charge in [0.15, 0.2) is 0 Å². The minimum Gasteiger partial charge on any atom is -0.493 e. The predicted molar refractivity (Wildman–Crippen MR) is 80.4 cm³/mol. The molecule has 0 aromatic heterocycles. The molecular formula is C15H14FNO3S. The summed E-state index contributed by atoms with van der Waals surface area (Å²) in [4.78, 5) is 11.4. The van der Waals surface area contributed by atoms with Crippen LogP contribution in [0.4, 0.5) is 10.1 Å². The first-order valence-electron chi connectivity index (χ1n) is 6.19. The second kappa shape index (κ2) is 6.99. The van der Waals surface area contributed by atoms with E-state index in [2.05, 4.69) is 0 Å². The van der Waals surface area contributed by atoms with E-state index in [-0.39, 0.29) is 11.4 Å². The smallest absolute Gasteiger partial charge is 0.335 e. The zero-order valence-electron chi connectivity index (χ0n) is 11.1. The highest BCUT2D eigenvalue weighted by atomic mass is 32.2. The summed E-state index contributed by atoms with van der Waals surface area (Å²) >= 11 is 1.44. The summed E-state index contributed by atoms with van der Waals surface area (Å²) < 4.78 is 18.6. The van der Waals surface area contributed by atoms with E-state index in [0.29, 0.717) is 23.8 Å². The quantitative estimate of drug-likeness (QED) is 0.487. The summed E-state index contributed by atoms with van der Waals surface area (Å²) in [5.74, 6) is -0.105. The van der Waals surface area contributed by atoms with Crippen molar-refractivity contribution in [1.29, 1.82) is 0 Å². The molecule has 0 radical (unpaired) electrons. The molecule has 0 amide bonds. The van der Waals surface area contributed by atoms with Gasteiger partial charge < -0.3 is 15.6 Å². The molecule has 21 heavy (non-hydrogen) atoms. The molecule has 0 saturated carbocycles. The maximum atomic E-state index is 13.1. The van der Waals surface area contributed by atoms with Crippen molar-refractivity contribution in [3.05, 3.63) is 53.8 Å². The molecule has 0 spiro atoms. The van der Waals surface area contributed by atoms with Crippen molar-refractivity contribution in [2.75, 3.05) is 18.1 Å². The van der Waals surface area contributed by atoms with Crippen molar-refractivity contribution in [3.8, 4) is 5.75 Å². The van der Waals surface area contributed by atoms with Gasteiger partial charge >= 0.3 is 5.97 Å². The second-order valence-corrected chi connectivity index (χ2v) is 5.42. The highest BCUT2D eigenvalue weighted by Crippen LogP contribution is 2.22. The van der Waals surface area contributed by atoms with Gasteiger partial charge in [-0.15, -0.1) is 11.8 Å². The lowest BCUT2D eigenvalue weighted by Crippen LogP contribution is -2.01. The molecule has 4 nitrogen and oxygen atoms in total. The Morgan fingerprint density at radius 3 is 2.57 bits per heavy atom. The summed E-state index contributed by atoms with van der Waals surface area (Å²) in [6, 6.07) is 10.6. The van der Waals surface area contributed by atoms with E-state index in [1.807, 2.05) is 0 Å². The highest BCUT2D eigenvalue weighted by Gasteiger charge is 2.03. The van der Waals surface area contributed by atoms with E-state index in [1.54, 1.807) is 18.2 Å². The molecule has 0 heterocycles. The van der Waals surface area contributed by atoms with E-state index >= 15 is 0 Å². The van der Waals surface area contributed by atoms with Gasteiger partial charge in [0.05, 0.1) is 12.2 Å². The molecule has 2 aromatic rings. The molecule has 0 fully saturated rings. The Bertz CT molecular complexity index is 611. The van der Waals surface area contributed by atoms with Gasteiger partial charge in [0.25, 0.3) is 0 Å². The van der Waals surface area contributed by atoms with Gasteiger partial charge in [-0.25, -0.2) is 9.18 Å². The van der Waals surface area contributed by atoms with Crippen LogP contribution in [0.2, 0.25) is 0 Å². The number of aromatic carboxylic acids is 1. The van der Waals surface area contributed by atoms with Gasteiger partial charge in [-0.1, -0.05) is 0 Å². The lowest BCUT2D eigenvalue weighted by molar-refractivity contribution is 0.0697. The number of hydrogen-bond acceptors (Lipinski definition) is 4. The number of carbonyl (C=O) groups is 1. The molecule has 0 atom stereocenters. The van der Waals surface area contributed by atoms with E-state index in [9.17, 15) is 9.18 Å². The number of thioether (sulfide) groups is 1. The van der Waals surface area contributed by atoms with Gasteiger partial charge in [0.2, 0.25) is 0 Å². The number of hydrogen-bond donors (Lipinski definition) is 2. The van der Waals surface area contributed by atoms with E-state index < -0.39 is 5.97 Å². The van der Waals surface area contributed by atoms with Gasteiger partial charge in [-0.05, 0) is 42.5 Å². The molecule has 0 aliphatic carbocycles. The number of carboxylic acids is 1. The summed E-state index contributed by atoms with van der Waals surface area (Å²) in [6.45, 7) is 0.424. The number of halogens is 1. The number of carboxylic acid groups (broad SMARTS) is 1. The SMILES string of the molecule is Nc1cc(F)cc(SCCOc2ccc(C(=O)O)cc2)c1. The first kappa shape index (κ1) is 15.2. The molecule has 0 saturated heterocycles. The van der Waals surface area contributed by atoms with Crippen LogP contribution in [0.25, 0.3) is 0 Å². The van der Waals surface area contributed by atoms with E-state index in [1.165, 1.54) is 36.0 Å². The number of benzene rings is 2. The van der Waals surface area contributed by atoms with Crippen molar-refractivity contribution in [3.63, 3.8) is 0 Å². The fraction of sp³-hybridized carbons (Fsp3) is 0.133. The third kappa shape index (κ3) is 4.68. The minimum absolute atomic E-state index is 0.215. The van der Waals surface area contributed by atoms with Crippen molar-refractivity contribution >= 4 is 23.4 Å². The van der Waals surface area contributed by atoms with Crippen molar-refractivity contribution < 1.29 is 19.0 Å². The van der Waals surface area contributed by atoms with E-state index in [0.717, 1.165) is 4.90 Å². The zero-order chi connectivity index (χ0) is 15.2. The Hall–Kier alpha value is -2.21. The summed E-state index contributed by atoms with van der Waals surface area (Å²) in [7, 11) is 0. The maximum Gasteiger partial charge on any atom is 0.335 e. The fourth-order valence-electron chi connectivity index (χ4n) is 1.68. The van der Waals surface area contributed by atoms with Crippen LogP contribution in [0.5, 0.6) is 5.75 Å². The number of rotatable bonds is 6. The minimum atomic E-state index is -0.971. The van der Waals surface area contributed by atoms with Gasteiger partial charge in [-0.2, -0.15) is 0 Å². The van der Waals surface area contributed by atoms with Crippen LogP contribution in [-0.4, -0.2) is 23.4 Å². The molecule has 0 aliphatic heterocycles. The third-order valence-corrected chi connectivity index (χ3v) is 3.56. The average Bonchev–Trinajstić information content (AvgIpc) is 2.43. The Labute approximate surface area is 125 Å². The lowest BCUT2D eigenvalue weighted by atomic mass is 10.2. The Morgan fingerprint density at radius 1 is 1.24 bits per heavy atom. The first-order valence-corrected chi connectivity index (χ1v) is 7.18. The van der Waals surface area contributed by atoms with Crippen molar-refractivity contribution in [2.24, 2.45) is 0 Å². The van der Waals surface area contributed by atoms with E-state index in [4.69, 9.17) is 15.6 Å². The Morgan fingerprint density at radius 2 is 1.95 bits per heavy atom. The molecule has 3 N–H and O–H groups in total. The maximum absolute atomic E-state index is 13.1. The average molecular weight is 307 g/mol.